The average Bonchev–Trinajstić information content (AvgIpc) is 2.56. The summed E-state index contributed by atoms with van der Waals surface area (Å²) in [6.45, 7) is 6.76. The molecule has 1 aliphatic heterocycles. The summed E-state index contributed by atoms with van der Waals surface area (Å²) >= 11 is 0. The van der Waals surface area contributed by atoms with Gasteiger partial charge in [-0.15, -0.1) is 0 Å². The third-order valence-electron chi connectivity index (χ3n) is 3.52. The Morgan fingerprint density at radius 3 is 2.71 bits per heavy atom. The molecule has 3 heteroatoms. The number of benzene rings is 1. The molecule has 2 rings (SSSR count). The minimum atomic E-state index is 0.664. The topological polar surface area (TPSA) is 38.5 Å². The van der Waals surface area contributed by atoms with Crippen molar-refractivity contribution in [2.24, 2.45) is 5.92 Å². The second-order valence-electron chi connectivity index (χ2n) is 5.23. The second-order valence-corrected chi connectivity index (χ2v) is 5.23. The van der Waals surface area contributed by atoms with E-state index in [1.807, 2.05) is 12.1 Å². The Kier molecular flexibility index (Phi) is 3.57. The van der Waals surface area contributed by atoms with Crippen LogP contribution in [0.2, 0.25) is 0 Å². The Morgan fingerprint density at radius 1 is 1.35 bits per heavy atom. The number of hydrogen-bond donors (Lipinski definition) is 1. The van der Waals surface area contributed by atoms with Gasteiger partial charge in [0.2, 0.25) is 0 Å². The number of ether oxygens (including phenoxy) is 1. The van der Waals surface area contributed by atoms with Crippen molar-refractivity contribution in [1.29, 1.82) is 0 Å². The molecular formula is C14H22N2O. The molecule has 1 heterocycles. The third kappa shape index (κ3) is 2.91. The number of hydrogen-bond acceptors (Lipinski definition) is 3. The lowest BCUT2D eigenvalue weighted by Crippen LogP contribution is -2.26. The van der Waals surface area contributed by atoms with Gasteiger partial charge in [-0.25, -0.2) is 0 Å². The fourth-order valence-electron chi connectivity index (χ4n) is 2.74. The standard InChI is InChI=1S/C14H22N2O/c1-10-4-11(2)16(8-10)9-12-5-13(15)7-14(6-12)17-3/h5-7,10-11H,4,8-9,15H2,1-3H3. The summed E-state index contributed by atoms with van der Waals surface area (Å²) in [4.78, 5) is 2.51. The highest BCUT2D eigenvalue weighted by Crippen LogP contribution is 2.26. The van der Waals surface area contributed by atoms with Gasteiger partial charge >= 0.3 is 0 Å². The van der Waals surface area contributed by atoms with Gasteiger partial charge in [0.1, 0.15) is 5.75 Å². The zero-order chi connectivity index (χ0) is 12.4. The van der Waals surface area contributed by atoms with Crippen LogP contribution in [0, 0.1) is 5.92 Å². The lowest BCUT2D eigenvalue weighted by molar-refractivity contribution is 0.256. The number of methoxy groups -OCH3 is 1. The maximum atomic E-state index is 5.87. The Labute approximate surface area is 104 Å². The molecular weight excluding hydrogens is 212 g/mol. The first kappa shape index (κ1) is 12.2. The molecule has 2 atom stereocenters. The van der Waals surface area contributed by atoms with E-state index in [0.29, 0.717) is 6.04 Å². The van der Waals surface area contributed by atoms with E-state index in [4.69, 9.17) is 10.5 Å². The van der Waals surface area contributed by atoms with Gasteiger partial charge in [0, 0.05) is 30.9 Å². The summed E-state index contributed by atoms with van der Waals surface area (Å²) in [6, 6.07) is 6.64. The van der Waals surface area contributed by atoms with E-state index in [-0.39, 0.29) is 0 Å². The van der Waals surface area contributed by atoms with Crippen molar-refractivity contribution in [2.45, 2.75) is 32.9 Å². The number of anilines is 1. The SMILES string of the molecule is COc1cc(N)cc(CN2CC(C)CC2C)c1. The van der Waals surface area contributed by atoms with Gasteiger partial charge < -0.3 is 10.5 Å². The molecule has 17 heavy (non-hydrogen) atoms. The van der Waals surface area contributed by atoms with Crippen molar-refractivity contribution in [2.75, 3.05) is 19.4 Å². The summed E-state index contributed by atoms with van der Waals surface area (Å²) in [7, 11) is 1.68. The van der Waals surface area contributed by atoms with Crippen molar-refractivity contribution in [3.05, 3.63) is 23.8 Å². The highest BCUT2D eigenvalue weighted by molar-refractivity contribution is 5.47. The molecule has 0 aromatic heterocycles. The first-order valence-corrected chi connectivity index (χ1v) is 6.26. The maximum Gasteiger partial charge on any atom is 0.121 e. The number of nitrogens with two attached hydrogens (primary N) is 1. The van der Waals surface area contributed by atoms with Crippen molar-refractivity contribution in [3.63, 3.8) is 0 Å². The van der Waals surface area contributed by atoms with E-state index in [1.165, 1.54) is 18.5 Å². The molecule has 0 spiro atoms. The average molecular weight is 234 g/mol. The first-order chi connectivity index (χ1) is 8.08. The van der Waals surface area contributed by atoms with Crippen LogP contribution < -0.4 is 10.5 Å². The Bertz CT molecular complexity index is 392. The van der Waals surface area contributed by atoms with Crippen LogP contribution in [0.5, 0.6) is 5.75 Å². The van der Waals surface area contributed by atoms with Crippen LogP contribution in [0.15, 0.2) is 18.2 Å². The largest absolute Gasteiger partial charge is 0.497 e. The van der Waals surface area contributed by atoms with Crippen LogP contribution in [0.3, 0.4) is 0 Å². The molecule has 1 aliphatic rings. The molecule has 1 saturated heterocycles. The van der Waals surface area contributed by atoms with E-state index in [1.54, 1.807) is 7.11 Å². The molecule has 1 fully saturated rings. The van der Waals surface area contributed by atoms with E-state index >= 15 is 0 Å². The highest BCUT2D eigenvalue weighted by Gasteiger charge is 2.25. The smallest absolute Gasteiger partial charge is 0.121 e. The normalized spacial score (nSPS) is 25.1. The first-order valence-electron chi connectivity index (χ1n) is 6.26. The van der Waals surface area contributed by atoms with Gasteiger partial charge in [0.05, 0.1) is 7.11 Å². The molecule has 2 unspecified atom stereocenters. The predicted molar refractivity (Wildman–Crippen MR) is 71.1 cm³/mol. The minimum absolute atomic E-state index is 0.664. The van der Waals surface area contributed by atoms with Crippen molar-refractivity contribution in [1.82, 2.24) is 4.90 Å². The Morgan fingerprint density at radius 2 is 2.12 bits per heavy atom. The van der Waals surface area contributed by atoms with Crippen LogP contribution in [-0.4, -0.2) is 24.6 Å². The van der Waals surface area contributed by atoms with E-state index < -0.39 is 0 Å². The summed E-state index contributed by atoms with van der Waals surface area (Å²) in [5.74, 6) is 1.65. The van der Waals surface area contributed by atoms with Crippen molar-refractivity contribution >= 4 is 5.69 Å². The number of rotatable bonds is 3. The van der Waals surface area contributed by atoms with Crippen LogP contribution in [0.4, 0.5) is 5.69 Å². The summed E-state index contributed by atoms with van der Waals surface area (Å²) in [5, 5.41) is 0. The summed E-state index contributed by atoms with van der Waals surface area (Å²) < 4.78 is 5.25. The predicted octanol–water partition coefficient (Wildman–Crippen LogP) is 2.51. The zero-order valence-corrected chi connectivity index (χ0v) is 10.9. The fourth-order valence-corrected chi connectivity index (χ4v) is 2.74. The molecule has 3 nitrogen and oxygen atoms in total. The molecule has 2 N–H and O–H groups in total. The van der Waals surface area contributed by atoms with E-state index in [0.717, 1.165) is 23.9 Å². The Hall–Kier alpha value is -1.22. The van der Waals surface area contributed by atoms with Crippen LogP contribution in [0.25, 0.3) is 0 Å². The van der Waals surface area contributed by atoms with Gasteiger partial charge in [0.25, 0.3) is 0 Å². The highest BCUT2D eigenvalue weighted by atomic mass is 16.5. The van der Waals surface area contributed by atoms with Gasteiger partial charge in [0.15, 0.2) is 0 Å². The van der Waals surface area contributed by atoms with Gasteiger partial charge in [-0.3, -0.25) is 4.90 Å². The van der Waals surface area contributed by atoms with Gasteiger partial charge in [-0.1, -0.05) is 6.92 Å². The van der Waals surface area contributed by atoms with Crippen molar-refractivity contribution < 1.29 is 4.74 Å². The molecule has 0 amide bonds. The van der Waals surface area contributed by atoms with Crippen LogP contribution >= 0.6 is 0 Å². The lowest BCUT2D eigenvalue weighted by Gasteiger charge is -2.21. The zero-order valence-electron chi connectivity index (χ0n) is 10.9. The maximum absolute atomic E-state index is 5.87. The van der Waals surface area contributed by atoms with E-state index in [2.05, 4.69) is 24.8 Å². The van der Waals surface area contributed by atoms with E-state index in [9.17, 15) is 0 Å². The quantitative estimate of drug-likeness (QED) is 0.817. The second kappa shape index (κ2) is 4.96. The monoisotopic (exact) mass is 234 g/mol. The van der Waals surface area contributed by atoms with Crippen LogP contribution in [-0.2, 0) is 6.54 Å². The Balaban J connectivity index is 2.10. The summed E-state index contributed by atoms with van der Waals surface area (Å²) in [6.07, 6.45) is 1.29. The fraction of sp³-hybridized carbons (Fsp3) is 0.571. The van der Waals surface area contributed by atoms with Gasteiger partial charge in [-0.05, 0) is 37.0 Å². The van der Waals surface area contributed by atoms with Crippen LogP contribution in [0.1, 0.15) is 25.8 Å². The number of nitrogen functional groups attached to an aromatic ring is 1. The molecule has 1 aromatic carbocycles. The molecule has 0 radical (unpaired) electrons. The molecule has 0 bridgehead atoms. The lowest BCUT2D eigenvalue weighted by atomic mass is 10.1. The molecule has 94 valence electrons. The third-order valence-corrected chi connectivity index (χ3v) is 3.52. The van der Waals surface area contributed by atoms with Crippen molar-refractivity contribution in [3.8, 4) is 5.75 Å². The molecule has 0 aliphatic carbocycles. The number of likely N-dealkylation sites (tertiary alicyclic amines) is 1. The molecule has 0 saturated carbocycles. The minimum Gasteiger partial charge on any atom is -0.497 e. The number of nitrogens with zero attached hydrogens (tertiary/aromatic N) is 1. The molecule has 1 aromatic rings. The van der Waals surface area contributed by atoms with Gasteiger partial charge in [-0.2, -0.15) is 0 Å². The summed E-state index contributed by atoms with van der Waals surface area (Å²) in [5.41, 5.74) is 7.89.